The van der Waals surface area contributed by atoms with Crippen LogP contribution in [0.15, 0.2) is 11.6 Å². The molecule has 2 rings (SSSR count). The van der Waals surface area contributed by atoms with Crippen LogP contribution in [0.1, 0.15) is 12.8 Å². The van der Waals surface area contributed by atoms with Crippen molar-refractivity contribution in [1.82, 2.24) is 20.3 Å². The Kier molecular flexibility index (Phi) is 5.98. The Morgan fingerprint density at radius 3 is 2.77 bits per heavy atom. The molecule has 3 N–H and O–H groups in total. The maximum Gasteiger partial charge on any atom is 0.315 e. The smallest absolute Gasteiger partial charge is 0.315 e. The second kappa shape index (κ2) is 7.75. The predicted octanol–water partition coefficient (Wildman–Crippen LogP) is -0.0397. The lowest BCUT2D eigenvalue weighted by Gasteiger charge is -2.32. The monoisotopic (exact) mass is 347 g/mol. The molecule has 22 heavy (non-hydrogen) atoms. The van der Waals surface area contributed by atoms with Gasteiger partial charge < -0.3 is 15.5 Å². The molecule has 2 amide bonds. The second-order valence-corrected chi connectivity index (χ2v) is 7.92. The number of urea groups is 1. The number of hydrogen-bond acceptors (Lipinski definition) is 6. The van der Waals surface area contributed by atoms with Gasteiger partial charge in [-0.2, -0.15) is 0 Å². The number of carbonyl (C=O) groups excluding carboxylic acids is 1. The third kappa shape index (κ3) is 5.11. The highest BCUT2D eigenvalue weighted by Gasteiger charge is 2.22. The topological polar surface area (TPSA) is 103 Å². The number of sulfonamides is 1. The summed E-state index contributed by atoms with van der Waals surface area (Å²) in [5.41, 5.74) is 0. The molecule has 1 saturated heterocycles. The van der Waals surface area contributed by atoms with E-state index in [-0.39, 0.29) is 24.4 Å². The number of nitrogens with zero attached hydrogens (tertiary/aromatic N) is 2. The Labute approximate surface area is 134 Å². The molecule has 8 nitrogen and oxygen atoms in total. The summed E-state index contributed by atoms with van der Waals surface area (Å²) in [5, 5.41) is 8.41. The van der Waals surface area contributed by atoms with Gasteiger partial charge in [0, 0.05) is 37.3 Å². The van der Waals surface area contributed by atoms with Crippen LogP contribution < -0.4 is 20.3 Å². The molecule has 1 aromatic rings. The summed E-state index contributed by atoms with van der Waals surface area (Å²) in [5.74, 6) is -0.126. The minimum absolute atomic E-state index is 0.0902. The van der Waals surface area contributed by atoms with Crippen LogP contribution in [0.25, 0.3) is 0 Å². The highest BCUT2D eigenvalue weighted by Crippen LogP contribution is 2.21. The molecule has 1 aromatic heterocycles. The van der Waals surface area contributed by atoms with Gasteiger partial charge in [-0.1, -0.05) is 0 Å². The molecule has 10 heteroatoms. The number of aromatic nitrogens is 1. The molecule has 1 fully saturated rings. The van der Waals surface area contributed by atoms with Crippen molar-refractivity contribution in [2.75, 3.05) is 37.3 Å². The molecule has 1 aliphatic heterocycles. The van der Waals surface area contributed by atoms with E-state index in [1.54, 1.807) is 17.5 Å². The fraction of sp³-hybridized carbons (Fsp3) is 0.667. The van der Waals surface area contributed by atoms with Gasteiger partial charge in [0.2, 0.25) is 10.0 Å². The molecule has 2 heterocycles. The Balaban J connectivity index is 1.66. The molecule has 0 saturated carbocycles. The van der Waals surface area contributed by atoms with E-state index in [0.29, 0.717) is 0 Å². The van der Waals surface area contributed by atoms with E-state index in [1.807, 2.05) is 5.38 Å². The summed E-state index contributed by atoms with van der Waals surface area (Å²) in [7, 11) is -1.93. The zero-order valence-corrected chi connectivity index (χ0v) is 14.0. The van der Waals surface area contributed by atoms with Gasteiger partial charge in [-0.25, -0.2) is 22.9 Å². The summed E-state index contributed by atoms with van der Waals surface area (Å²) in [4.78, 5) is 18.2. The number of amides is 2. The first-order valence-electron chi connectivity index (χ1n) is 7.10. The Hall–Kier alpha value is -1.39. The van der Waals surface area contributed by atoms with Gasteiger partial charge in [0.05, 0.1) is 5.75 Å². The molecule has 0 aromatic carbocycles. The number of piperidine rings is 1. The van der Waals surface area contributed by atoms with Crippen LogP contribution in [0, 0.1) is 0 Å². The first kappa shape index (κ1) is 17.0. The molecule has 124 valence electrons. The summed E-state index contributed by atoms with van der Waals surface area (Å²) >= 11 is 1.61. The van der Waals surface area contributed by atoms with Gasteiger partial charge in [0.1, 0.15) is 0 Å². The lowest BCUT2D eigenvalue weighted by atomic mass is 10.1. The minimum Gasteiger partial charge on any atom is -0.348 e. The number of anilines is 1. The van der Waals surface area contributed by atoms with Crippen LogP contribution in [0.3, 0.4) is 0 Å². The quantitative estimate of drug-likeness (QED) is 0.670. The summed E-state index contributed by atoms with van der Waals surface area (Å²) in [6, 6.07) is -0.212. The number of rotatable bonds is 6. The normalized spacial score (nSPS) is 16.5. The Morgan fingerprint density at radius 1 is 1.45 bits per heavy atom. The molecule has 0 unspecified atom stereocenters. The average molecular weight is 347 g/mol. The van der Waals surface area contributed by atoms with Crippen molar-refractivity contribution in [3.8, 4) is 0 Å². The minimum atomic E-state index is -3.29. The van der Waals surface area contributed by atoms with Crippen LogP contribution in [0.5, 0.6) is 0 Å². The van der Waals surface area contributed by atoms with Gasteiger partial charge in [0.25, 0.3) is 0 Å². The molecule has 0 radical (unpaired) electrons. The predicted molar refractivity (Wildman–Crippen MR) is 86.7 cm³/mol. The summed E-state index contributed by atoms with van der Waals surface area (Å²) < 4.78 is 24.7. The van der Waals surface area contributed by atoms with Gasteiger partial charge in [0.15, 0.2) is 5.13 Å². The number of hydrogen-bond donors (Lipinski definition) is 3. The summed E-state index contributed by atoms with van der Waals surface area (Å²) in [6.45, 7) is 1.80. The second-order valence-electron chi connectivity index (χ2n) is 5.00. The van der Waals surface area contributed by atoms with Crippen molar-refractivity contribution >= 4 is 32.5 Å². The molecule has 1 aliphatic rings. The number of nitrogens with one attached hydrogen (secondary N) is 3. The highest BCUT2D eigenvalue weighted by molar-refractivity contribution is 7.89. The van der Waals surface area contributed by atoms with Gasteiger partial charge in [-0.3, -0.25) is 0 Å². The zero-order valence-electron chi connectivity index (χ0n) is 12.4. The number of thiazole rings is 1. The van der Waals surface area contributed by atoms with E-state index < -0.39 is 10.0 Å². The Morgan fingerprint density at radius 2 is 2.18 bits per heavy atom. The van der Waals surface area contributed by atoms with Crippen LogP contribution in [0.4, 0.5) is 9.93 Å². The van der Waals surface area contributed by atoms with E-state index in [1.165, 1.54) is 7.05 Å². The molecule has 0 spiro atoms. The summed E-state index contributed by atoms with van der Waals surface area (Å²) in [6.07, 6.45) is 3.49. The van der Waals surface area contributed by atoms with Crippen molar-refractivity contribution in [3.63, 3.8) is 0 Å². The zero-order chi connectivity index (χ0) is 16.0. The van der Waals surface area contributed by atoms with Crippen LogP contribution in [-0.2, 0) is 10.0 Å². The molecule has 0 atom stereocenters. The highest BCUT2D eigenvalue weighted by atomic mass is 32.2. The van der Waals surface area contributed by atoms with E-state index in [4.69, 9.17) is 0 Å². The van der Waals surface area contributed by atoms with E-state index in [9.17, 15) is 13.2 Å². The van der Waals surface area contributed by atoms with Crippen molar-refractivity contribution in [3.05, 3.63) is 11.6 Å². The molecular formula is C12H21N5O3S2. The van der Waals surface area contributed by atoms with Crippen molar-refractivity contribution in [1.29, 1.82) is 0 Å². The van der Waals surface area contributed by atoms with E-state index in [2.05, 4.69) is 25.2 Å². The fourth-order valence-electron chi connectivity index (χ4n) is 2.22. The lowest BCUT2D eigenvalue weighted by molar-refractivity contribution is 0.235. The fourth-order valence-corrected chi connectivity index (χ4v) is 3.50. The molecule has 0 aliphatic carbocycles. The Bertz CT molecular complexity index is 568. The first-order valence-corrected chi connectivity index (χ1v) is 9.63. The van der Waals surface area contributed by atoms with Crippen molar-refractivity contribution in [2.45, 2.75) is 18.9 Å². The molecular weight excluding hydrogens is 326 g/mol. The SMILES string of the molecule is CNS(=O)(=O)CCNC(=O)NC1CCN(c2nccs2)CC1. The van der Waals surface area contributed by atoms with Crippen LogP contribution in [0.2, 0.25) is 0 Å². The third-order valence-electron chi connectivity index (χ3n) is 3.49. The standard InChI is InChI=1S/C12H21N5O3S2/c1-13-22(19,20)9-5-14-11(18)16-10-2-6-17(7-3-10)12-15-4-8-21-12/h4,8,10,13H,2-3,5-7,9H2,1H3,(H2,14,16,18). The van der Waals surface area contributed by atoms with Crippen molar-refractivity contribution in [2.24, 2.45) is 0 Å². The van der Waals surface area contributed by atoms with Gasteiger partial charge in [-0.05, 0) is 19.9 Å². The van der Waals surface area contributed by atoms with Gasteiger partial charge in [-0.15, -0.1) is 11.3 Å². The third-order valence-corrected chi connectivity index (χ3v) is 5.68. The van der Waals surface area contributed by atoms with Gasteiger partial charge >= 0.3 is 6.03 Å². The van der Waals surface area contributed by atoms with Crippen LogP contribution in [-0.4, -0.2) is 57.9 Å². The van der Waals surface area contributed by atoms with Crippen molar-refractivity contribution < 1.29 is 13.2 Å². The number of carbonyl (C=O) groups is 1. The average Bonchev–Trinajstić information content (AvgIpc) is 3.02. The molecule has 0 bridgehead atoms. The maximum absolute atomic E-state index is 11.7. The maximum atomic E-state index is 11.7. The van der Waals surface area contributed by atoms with E-state index in [0.717, 1.165) is 31.1 Å². The largest absolute Gasteiger partial charge is 0.348 e. The van der Waals surface area contributed by atoms with Crippen LogP contribution >= 0.6 is 11.3 Å². The van der Waals surface area contributed by atoms with E-state index >= 15 is 0 Å². The lowest BCUT2D eigenvalue weighted by Crippen LogP contribution is -2.48. The first-order chi connectivity index (χ1) is 10.5.